The van der Waals surface area contributed by atoms with Crippen LogP contribution >= 0.6 is 0 Å². The number of likely N-dealkylation sites (N-methyl/N-ethyl adjacent to an activating group) is 1. The summed E-state index contributed by atoms with van der Waals surface area (Å²) in [7, 11) is -3.21. The fourth-order valence-corrected chi connectivity index (χ4v) is 2.23. The van der Waals surface area contributed by atoms with Crippen molar-refractivity contribution in [2.45, 2.75) is 31.2 Å². The number of nitrogens with one attached hydrogen (secondary N) is 2. The summed E-state index contributed by atoms with van der Waals surface area (Å²) in [5, 5.41) is 5.82. The van der Waals surface area contributed by atoms with Crippen molar-refractivity contribution >= 4 is 21.4 Å². The zero-order valence-corrected chi connectivity index (χ0v) is 12.5. The first-order valence-corrected chi connectivity index (χ1v) is 7.92. The molecule has 2 N–H and O–H groups in total. The van der Waals surface area contributed by atoms with Gasteiger partial charge in [0, 0.05) is 11.9 Å². The lowest BCUT2D eigenvalue weighted by Gasteiger charge is -2.24. The van der Waals surface area contributed by atoms with Crippen molar-refractivity contribution in [1.29, 1.82) is 0 Å². The van der Waals surface area contributed by atoms with Crippen LogP contribution in [0.25, 0.3) is 0 Å². The van der Waals surface area contributed by atoms with Crippen LogP contribution < -0.4 is 10.6 Å². The molecule has 0 aromatic heterocycles. The number of carbonyl (C=O) groups excluding carboxylic acids is 1. The quantitative estimate of drug-likeness (QED) is 0.857. The molecule has 19 heavy (non-hydrogen) atoms. The smallest absolute Gasteiger partial charge is 0.244 e. The highest BCUT2D eigenvalue weighted by atomic mass is 32.2. The van der Waals surface area contributed by atoms with E-state index in [-0.39, 0.29) is 10.8 Å². The maximum Gasteiger partial charge on any atom is 0.244 e. The Bertz CT molecular complexity index is 548. The lowest BCUT2D eigenvalue weighted by atomic mass is 10.0. The molecule has 0 saturated carbocycles. The first-order chi connectivity index (χ1) is 8.66. The molecule has 0 aliphatic carbocycles. The van der Waals surface area contributed by atoms with Crippen LogP contribution in [0.4, 0.5) is 5.69 Å². The predicted octanol–water partition coefficient (Wildman–Crippen LogP) is 1.42. The van der Waals surface area contributed by atoms with E-state index in [1.54, 1.807) is 26.0 Å². The Labute approximate surface area is 114 Å². The number of carbonyl (C=O) groups is 1. The number of anilines is 1. The van der Waals surface area contributed by atoms with E-state index in [1.165, 1.54) is 12.1 Å². The Morgan fingerprint density at radius 3 is 2.16 bits per heavy atom. The van der Waals surface area contributed by atoms with Crippen molar-refractivity contribution in [3.8, 4) is 0 Å². The van der Waals surface area contributed by atoms with E-state index in [0.717, 1.165) is 6.26 Å². The molecule has 0 bridgehead atoms. The van der Waals surface area contributed by atoms with Gasteiger partial charge in [-0.2, -0.15) is 0 Å². The third kappa shape index (κ3) is 4.33. The molecule has 0 spiro atoms. The summed E-state index contributed by atoms with van der Waals surface area (Å²) in [5.74, 6) is -0.165. The van der Waals surface area contributed by atoms with Gasteiger partial charge in [-0.15, -0.1) is 0 Å². The van der Waals surface area contributed by atoms with Crippen molar-refractivity contribution in [2.75, 3.05) is 18.1 Å². The fraction of sp³-hybridized carbons (Fsp3) is 0.462. The van der Waals surface area contributed by atoms with Crippen LogP contribution in [-0.2, 0) is 14.6 Å². The van der Waals surface area contributed by atoms with E-state index < -0.39 is 15.4 Å². The SMILES string of the molecule is CCNC(C)(C)C(=O)Nc1ccc(S(C)(=O)=O)cc1. The molecule has 1 aromatic rings. The minimum atomic E-state index is -3.21. The summed E-state index contributed by atoms with van der Waals surface area (Å²) < 4.78 is 22.6. The second-order valence-electron chi connectivity index (χ2n) is 4.91. The molecule has 6 heteroatoms. The van der Waals surface area contributed by atoms with Gasteiger partial charge >= 0.3 is 0 Å². The van der Waals surface area contributed by atoms with Crippen molar-refractivity contribution in [3.05, 3.63) is 24.3 Å². The number of hydrogen-bond donors (Lipinski definition) is 2. The summed E-state index contributed by atoms with van der Waals surface area (Å²) in [6, 6.07) is 6.11. The lowest BCUT2D eigenvalue weighted by Crippen LogP contribution is -2.49. The Kier molecular flexibility index (Phi) is 4.70. The summed E-state index contributed by atoms with van der Waals surface area (Å²) >= 11 is 0. The summed E-state index contributed by atoms with van der Waals surface area (Å²) in [5.41, 5.74) is -0.104. The number of rotatable bonds is 5. The molecule has 5 nitrogen and oxygen atoms in total. The second-order valence-corrected chi connectivity index (χ2v) is 6.92. The summed E-state index contributed by atoms with van der Waals surface area (Å²) in [4.78, 5) is 12.2. The third-order valence-corrected chi connectivity index (χ3v) is 3.86. The van der Waals surface area contributed by atoms with Crippen LogP contribution in [0.15, 0.2) is 29.2 Å². The Morgan fingerprint density at radius 2 is 1.74 bits per heavy atom. The highest BCUT2D eigenvalue weighted by Crippen LogP contribution is 2.15. The van der Waals surface area contributed by atoms with E-state index in [4.69, 9.17) is 0 Å². The topological polar surface area (TPSA) is 75.3 Å². The van der Waals surface area contributed by atoms with Crippen LogP contribution in [0.1, 0.15) is 20.8 Å². The first kappa shape index (κ1) is 15.7. The van der Waals surface area contributed by atoms with Gasteiger partial charge in [0.15, 0.2) is 9.84 Å². The van der Waals surface area contributed by atoms with Gasteiger partial charge in [0.25, 0.3) is 0 Å². The van der Waals surface area contributed by atoms with Gasteiger partial charge < -0.3 is 10.6 Å². The van der Waals surface area contributed by atoms with Crippen molar-refractivity contribution < 1.29 is 13.2 Å². The Balaban J connectivity index is 2.82. The van der Waals surface area contributed by atoms with Crippen LogP contribution in [0.5, 0.6) is 0 Å². The molecule has 0 heterocycles. The molecule has 0 aliphatic rings. The minimum Gasteiger partial charge on any atom is -0.325 e. The average Bonchev–Trinajstić information content (AvgIpc) is 2.28. The molecule has 0 atom stereocenters. The molecule has 1 amide bonds. The zero-order valence-electron chi connectivity index (χ0n) is 11.6. The Hall–Kier alpha value is -1.40. The van der Waals surface area contributed by atoms with Gasteiger partial charge in [-0.25, -0.2) is 8.42 Å². The van der Waals surface area contributed by atoms with Crippen LogP contribution in [0.2, 0.25) is 0 Å². The molecule has 0 radical (unpaired) electrons. The van der Waals surface area contributed by atoms with Gasteiger partial charge in [-0.3, -0.25) is 4.79 Å². The molecular weight excluding hydrogens is 264 g/mol. The van der Waals surface area contributed by atoms with Crippen LogP contribution in [0.3, 0.4) is 0 Å². The minimum absolute atomic E-state index is 0.165. The largest absolute Gasteiger partial charge is 0.325 e. The molecule has 0 fully saturated rings. The molecule has 0 saturated heterocycles. The molecule has 0 unspecified atom stereocenters. The van der Waals surface area contributed by atoms with Crippen molar-refractivity contribution in [2.24, 2.45) is 0 Å². The van der Waals surface area contributed by atoms with E-state index in [1.807, 2.05) is 6.92 Å². The number of hydrogen-bond acceptors (Lipinski definition) is 4. The maximum absolute atomic E-state index is 12.0. The lowest BCUT2D eigenvalue weighted by molar-refractivity contribution is -0.121. The maximum atomic E-state index is 12.0. The van der Waals surface area contributed by atoms with Crippen LogP contribution in [-0.4, -0.2) is 32.7 Å². The van der Waals surface area contributed by atoms with E-state index in [9.17, 15) is 13.2 Å². The summed E-state index contributed by atoms with van der Waals surface area (Å²) in [6.45, 7) is 6.19. The second kappa shape index (κ2) is 5.71. The predicted molar refractivity (Wildman–Crippen MR) is 75.9 cm³/mol. The summed E-state index contributed by atoms with van der Waals surface area (Å²) in [6.07, 6.45) is 1.15. The van der Waals surface area contributed by atoms with Gasteiger partial charge in [0.2, 0.25) is 5.91 Å². The monoisotopic (exact) mass is 284 g/mol. The first-order valence-electron chi connectivity index (χ1n) is 6.03. The van der Waals surface area contributed by atoms with Gasteiger partial charge in [-0.1, -0.05) is 6.92 Å². The standard InChI is InChI=1S/C13H20N2O3S/c1-5-14-13(2,3)12(16)15-10-6-8-11(9-7-10)19(4,17)18/h6-9,14H,5H2,1-4H3,(H,15,16). The van der Waals surface area contributed by atoms with Gasteiger partial charge in [0.05, 0.1) is 10.4 Å². The van der Waals surface area contributed by atoms with Crippen molar-refractivity contribution in [1.82, 2.24) is 5.32 Å². The molecular formula is C13H20N2O3S. The van der Waals surface area contributed by atoms with Crippen molar-refractivity contribution in [3.63, 3.8) is 0 Å². The zero-order chi connectivity index (χ0) is 14.7. The highest BCUT2D eigenvalue weighted by molar-refractivity contribution is 7.90. The number of sulfone groups is 1. The number of benzene rings is 1. The Morgan fingerprint density at radius 1 is 1.21 bits per heavy atom. The molecule has 0 aliphatic heterocycles. The number of amides is 1. The highest BCUT2D eigenvalue weighted by Gasteiger charge is 2.26. The molecule has 1 rings (SSSR count). The average molecular weight is 284 g/mol. The van der Waals surface area contributed by atoms with Crippen LogP contribution in [0, 0.1) is 0 Å². The fourth-order valence-electron chi connectivity index (χ4n) is 1.60. The normalized spacial score (nSPS) is 12.2. The van der Waals surface area contributed by atoms with E-state index in [2.05, 4.69) is 10.6 Å². The van der Waals surface area contributed by atoms with E-state index in [0.29, 0.717) is 12.2 Å². The van der Waals surface area contributed by atoms with Gasteiger partial charge in [-0.05, 0) is 44.7 Å². The third-order valence-electron chi connectivity index (χ3n) is 2.73. The molecule has 1 aromatic carbocycles. The van der Waals surface area contributed by atoms with Gasteiger partial charge in [0.1, 0.15) is 0 Å². The van der Waals surface area contributed by atoms with E-state index >= 15 is 0 Å². The molecule has 106 valence electrons.